The maximum absolute atomic E-state index is 13.9. The molecule has 0 atom stereocenters. The van der Waals surface area contributed by atoms with Gasteiger partial charge in [-0.3, -0.25) is 14.5 Å². The first kappa shape index (κ1) is 19.1. The van der Waals surface area contributed by atoms with Crippen molar-refractivity contribution in [2.75, 3.05) is 33.3 Å². The fraction of sp³-hybridized carbons (Fsp3) is 0.273. The van der Waals surface area contributed by atoms with Gasteiger partial charge in [-0.2, -0.15) is 0 Å². The number of carbonyl (C=O) groups excluding carboxylic acids is 1. The lowest BCUT2D eigenvalue weighted by Gasteiger charge is -2.34. The average Bonchev–Trinajstić information content (AvgIpc) is 2.74. The van der Waals surface area contributed by atoms with E-state index in [-0.39, 0.29) is 28.5 Å². The zero-order valence-electron chi connectivity index (χ0n) is 16.2. The number of hydrogen-bond donors (Lipinski definition) is 1. The Morgan fingerprint density at radius 3 is 2.62 bits per heavy atom. The molecule has 1 aromatic heterocycles. The van der Waals surface area contributed by atoms with Crippen LogP contribution in [0, 0.1) is 5.82 Å². The minimum atomic E-state index is -0.380. The maximum Gasteiger partial charge on any atom is 0.259 e. The van der Waals surface area contributed by atoms with Crippen molar-refractivity contribution in [1.29, 1.82) is 0 Å². The fourth-order valence-electron chi connectivity index (χ4n) is 3.67. The minimum absolute atomic E-state index is 0.161. The number of piperazine rings is 1. The van der Waals surface area contributed by atoms with Crippen LogP contribution in [0.15, 0.2) is 53.5 Å². The Morgan fingerprint density at radius 1 is 1.14 bits per heavy atom. The lowest BCUT2D eigenvalue weighted by Crippen LogP contribution is -2.49. The third kappa shape index (κ3) is 3.86. The minimum Gasteiger partial charge on any atom is -0.494 e. The molecule has 2 aromatic carbocycles. The number of carbonyl (C=O) groups is 1. The number of hydrogen-bond acceptors (Lipinski definition) is 4. The van der Waals surface area contributed by atoms with E-state index in [0.29, 0.717) is 43.6 Å². The first-order valence-electron chi connectivity index (χ1n) is 9.51. The van der Waals surface area contributed by atoms with E-state index in [1.54, 1.807) is 23.1 Å². The zero-order valence-corrected chi connectivity index (χ0v) is 16.2. The van der Waals surface area contributed by atoms with Crippen LogP contribution in [0.4, 0.5) is 4.39 Å². The van der Waals surface area contributed by atoms with Gasteiger partial charge in [0.2, 0.25) is 5.43 Å². The van der Waals surface area contributed by atoms with Gasteiger partial charge in [-0.05, 0) is 29.8 Å². The van der Waals surface area contributed by atoms with Crippen molar-refractivity contribution < 1.29 is 13.9 Å². The van der Waals surface area contributed by atoms with Crippen molar-refractivity contribution in [3.8, 4) is 5.75 Å². The molecular weight excluding hydrogens is 373 g/mol. The Bertz CT molecular complexity index is 1100. The number of rotatable bonds is 4. The topological polar surface area (TPSA) is 65.6 Å². The summed E-state index contributed by atoms with van der Waals surface area (Å²) in [7, 11) is 1.44. The number of amides is 1. The molecule has 4 rings (SSSR count). The Hall–Kier alpha value is -3.19. The number of halogens is 1. The zero-order chi connectivity index (χ0) is 20.4. The second kappa shape index (κ2) is 8.05. The van der Waals surface area contributed by atoms with Crippen LogP contribution in [-0.2, 0) is 6.54 Å². The lowest BCUT2D eigenvalue weighted by molar-refractivity contribution is 0.0627. The van der Waals surface area contributed by atoms with Gasteiger partial charge in [0.15, 0.2) is 11.6 Å². The quantitative estimate of drug-likeness (QED) is 0.738. The Kier molecular flexibility index (Phi) is 5.31. The highest BCUT2D eigenvalue weighted by molar-refractivity contribution is 5.97. The summed E-state index contributed by atoms with van der Waals surface area (Å²) in [5.74, 6) is -0.411. The van der Waals surface area contributed by atoms with Gasteiger partial charge in [-0.15, -0.1) is 0 Å². The van der Waals surface area contributed by atoms with E-state index >= 15 is 0 Å². The van der Waals surface area contributed by atoms with Gasteiger partial charge in [0.25, 0.3) is 5.91 Å². The third-order valence-electron chi connectivity index (χ3n) is 5.30. The molecule has 29 heavy (non-hydrogen) atoms. The molecule has 1 N–H and O–H groups in total. The summed E-state index contributed by atoms with van der Waals surface area (Å²) in [5, 5.41) is 0.513. The molecular formula is C22H22FN3O3. The summed E-state index contributed by atoms with van der Waals surface area (Å²) in [5.41, 5.74) is 1.48. The number of benzene rings is 2. The number of ether oxygens (including phenoxy) is 1. The number of H-pyrrole nitrogens is 1. The van der Waals surface area contributed by atoms with E-state index in [4.69, 9.17) is 4.74 Å². The van der Waals surface area contributed by atoms with Gasteiger partial charge < -0.3 is 14.6 Å². The molecule has 0 spiro atoms. The molecule has 0 saturated carbocycles. The van der Waals surface area contributed by atoms with Gasteiger partial charge in [-0.25, -0.2) is 4.39 Å². The van der Waals surface area contributed by atoms with Crippen molar-refractivity contribution in [1.82, 2.24) is 14.8 Å². The Labute approximate surface area is 167 Å². The molecule has 0 aliphatic carbocycles. The second-order valence-corrected chi connectivity index (χ2v) is 7.11. The van der Waals surface area contributed by atoms with Crippen LogP contribution < -0.4 is 10.2 Å². The summed E-state index contributed by atoms with van der Waals surface area (Å²) in [4.78, 5) is 32.4. The van der Waals surface area contributed by atoms with Crippen LogP contribution in [0.25, 0.3) is 10.9 Å². The lowest BCUT2D eigenvalue weighted by atomic mass is 10.1. The molecule has 1 saturated heterocycles. The largest absolute Gasteiger partial charge is 0.494 e. The van der Waals surface area contributed by atoms with E-state index in [1.165, 1.54) is 19.4 Å². The van der Waals surface area contributed by atoms with Crippen LogP contribution in [-0.4, -0.2) is 54.0 Å². The molecule has 2 heterocycles. The molecule has 150 valence electrons. The van der Waals surface area contributed by atoms with Crippen molar-refractivity contribution in [2.45, 2.75) is 6.54 Å². The SMILES string of the molecule is COc1ccc(CN2CCN(C(=O)c3c[nH]c4ccccc4c3=O)CC2)cc1F. The smallest absolute Gasteiger partial charge is 0.259 e. The number of para-hydroxylation sites is 1. The van der Waals surface area contributed by atoms with Gasteiger partial charge in [-0.1, -0.05) is 18.2 Å². The second-order valence-electron chi connectivity index (χ2n) is 7.11. The number of fused-ring (bicyclic) bond motifs is 1. The normalized spacial score (nSPS) is 14.9. The Morgan fingerprint density at radius 2 is 1.90 bits per heavy atom. The van der Waals surface area contributed by atoms with Crippen molar-refractivity contribution in [2.24, 2.45) is 0 Å². The molecule has 0 radical (unpaired) electrons. The number of nitrogens with one attached hydrogen (secondary N) is 1. The number of aromatic amines is 1. The van der Waals surface area contributed by atoms with E-state index in [2.05, 4.69) is 9.88 Å². The highest BCUT2D eigenvalue weighted by atomic mass is 19.1. The molecule has 1 aliphatic heterocycles. The van der Waals surface area contributed by atoms with Crippen molar-refractivity contribution in [3.05, 3.63) is 75.8 Å². The van der Waals surface area contributed by atoms with E-state index < -0.39 is 0 Å². The van der Waals surface area contributed by atoms with Gasteiger partial charge in [0.1, 0.15) is 5.56 Å². The summed E-state index contributed by atoms with van der Waals surface area (Å²) >= 11 is 0. The van der Waals surface area contributed by atoms with Crippen LogP contribution in [0.2, 0.25) is 0 Å². The molecule has 0 bridgehead atoms. The van der Waals surface area contributed by atoms with Crippen LogP contribution in [0.3, 0.4) is 0 Å². The molecule has 7 heteroatoms. The van der Waals surface area contributed by atoms with E-state index in [9.17, 15) is 14.0 Å². The predicted octanol–water partition coefficient (Wildman–Crippen LogP) is 2.63. The maximum atomic E-state index is 13.9. The summed E-state index contributed by atoms with van der Waals surface area (Å²) in [6.07, 6.45) is 1.50. The number of methoxy groups -OCH3 is 1. The standard InChI is InChI=1S/C22H22FN3O3/c1-29-20-7-6-15(12-18(20)23)14-25-8-10-26(11-9-25)22(28)17-13-24-19-5-3-2-4-16(19)21(17)27/h2-7,12-13H,8-11,14H2,1H3,(H,24,27). The van der Waals surface area contributed by atoms with E-state index in [1.807, 2.05) is 18.2 Å². The van der Waals surface area contributed by atoms with Crippen molar-refractivity contribution >= 4 is 16.8 Å². The number of nitrogens with zero attached hydrogens (tertiary/aromatic N) is 2. The first-order chi connectivity index (χ1) is 14.1. The fourth-order valence-corrected chi connectivity index (χ4v) is 3.67. The van der Waals surface area contributed by atoms with Crippen LogP contribution in [0.1, 0.15) is 15.9 Å². The van der Waals surface area contributed by atoms with Gasteiger partial charge in [0, 0.05) is 49.8 Å². The molecule has 1 fully saturated rings. The van der Waals surface area contributed by atoms with Crippen LogP contribution in [0.5, 0.6) is 5.75 Å². The predicted molar refractivity (Wildman–Crippen MR) is 109 cm³/mol. The average molecular weight is 395 g/mol. The molecule has 0 unspecified atom stereocenters. The molecule has 1 aliphatic rings. The van der Waals surface area contributed by atoms with E-state index in [0.717, 1.165) is 5.56 Å². The van der Waals surface area contributed by atoms with Gasteiger partial charge in [0.05, 0.1) is 7.11 Å². The summed E-state index contributed by atoms with van der Waals surface area (Å²) in [6, 6.07) is 12.1. The number of aromatic nitrogens is 1. The van der Waals surface area contributed by atoms with Crippen LogP contribution >= 0.6 is 0 Å². The van der Waals surface area contributed by atoms with Crippen molar-refractivity contribution in [3.63, 3.8) is 0 Å². The first-order valence-corrected chi connectivity index (χ1v) is 9.51. The molecule has 6 nitrogen and oxygen atoms in total. The molecule has 1 amide bonds. The number of pyridine rings is 1. The Balaban J connectivity index is 1.42. The highest BCUT2D eigenvalue weighted by Gasteiger charge is 2.24. The summed E-state index contributed by atoms with van der Waals surface area (Å²) < 4.78 is 18.8. The third-order valence-corrected chi connectivity index (χ3v) is 5.30. The highest BCUT2D eigenvalue weighted by Crippen LogP contribution is 2.19. The monoisotopic (exact) mass is 395 g/mol. The van der Waals surface area contributed by atoms with Gasteiger partial charge >= 0.3 is 0 Å². The summed E-state index contributed by atoms with van der Waals surface area (Å²) in [6.45, 7) is 2.95. The molecule has 3 aromatic rings.